The van der Waals surface area contributed by atoms with E-state index in [2.05, 4.69) is 0 Å². The molecule has 0 N–H and O–H groups in total. The van der Waals surface area contributed by atoms with E-state index in [9.17, 15) is 13.2 Å². The summed E-state index contributed by atoms with van der Waals surface area (Å²) in [4.78, 5) is 0.633. The van der Waals surface area contributed by atoms with Crippen LogP contribution in [0.3, 0.4) is 0 Å². The highest BCUT2D eigenvalue weighted by Crippen LogP contribution is 2.54. The molecule has 1 aliphatic rings. The van der Waals surface area contributed by atoms with Crippen molar-refractivity contribution in [2.75, 3.05) is 0 Å². The summed E-state index contributed by atoms with van der Waals surface area (Å²) in [6, 6.07) is 8.77. The molecule has 1 atom stereocenters. The van der Waals surface area contributed by atoms with Crippen molar-refractivity contribution in [3.8, 4) is 0 Å². The van der Waals surface area contributed by atoms with Crippen LogP contribution in [0.4, 0.5) is 13.2 Å². The molecular formula is C15H16F3S+. The summed E-state index contributed by atoms with van der Waals surface area (Å²) in [5.41, 5.74) is -4.14. The van der Waals surface area contributed by atoms with Gasteiger partial charge < -0.3 is 0 Å². The van der Waals surface area contributed by atoms with Gasteiger partial charge in [0.05, 0.1) is 10.5 Å². The SMILES string of the molecule is FC(F)(F)[s+]1c(C2CCCCC2)cc2ccccc21. The van der Waals surface area contributed by atoms with E-state index in [1.54, 1.807) is 18.2 Å². The lowest BCUT2D eigenvalue weighted by Crippen LogP contribution is -2.06. The van der Waals surface area contributed by atoms with E-state index < -0.39 is 16.0 Å². The van der Waals surface area contributed by atoms with E-state index in [0.29, 0.717) is 9.58 Å². The molecule has 0 saturated heterocycles. The Morgan fingerprint density at radius 1 is 1.00 bits per heavy atom. The molecule has 0 nitrogen and oxygen atoms in total. The molecule has 0 bridgehead atoms. The Labute approximate surface area is 113 Å². The zero-order valence-electron chi connectivity index (χ0n) is 10.5. The lowest BCUT2D eigenvalue weighted by atomic mass is 9.88. The van der Waals surface area contributed by atoms with Crippen molar-refractivity contribution in [3.63, 3.8) is 0 Å². The predicted octanol–water partition coefficient (Wildman–Crippen LogP) is 6.11. The van der Waals surface area contributed by atoms with Crippen molar-refractivity contribution in [3.05, 3.63) is 35.2 Å². The van der Waals surface area contributed by atoms with Gasteiger partial charge in [0.1, 0.15) is 0 Å². The van der Waals surface area contributed by atoms with Gasteiger partial charge in [0.15, 0.2) is 9.58 Å². The summed E-state index contributed by atoms with van der Waals surface area (Å²) in [5.74, 6) is 0.131. The van der Waals surface area contributed by atoms with Crippen LogP contribution in [-0.4, -0.2) is 0 Å². The summed E-state index contributed by atoms with van der Waals surface area (Å²) < 4.78 is 40.7. The fraction of sp³-hybridized carbons (Fsp3) is 0.467. The second-order valence-electron chi connectivity index (χ2n) is 5.17. The number of rotatable bonds is 1. The molecule has 1 aromatic heterocycles. The third-order valence-corrected chi connectivity index (χ3v) is 6.11. The maximum Gasteiger partial charge on any atom is 0.600 e. The highest BCUT2D eigenvalue weighted by atomic mass is 32.2. The third kappa shape index (κ3) is 2.38. The molecule has 3 rings (SSSR count). The van der Waals surface area contributed by atoms with Gasteiger partial charge in [-0.15, -0.1) is 13.2 Å². The van der Waals surface area contributed by atoms with Crippen LogP contribution < -0.4 is 0 Å². The van der Waals surface area contributed by atoms with Crippen LogP contribution in [-0.2, 0) is 5.51 Å². The van der Waals surface area contributed by atoms with E-state index in [0.717, 1.165) is 37.5 Å². The lowest BCUT2D eigenvalue weighted by Gasteiger charge is -2.18. The Balaban J connectivity index is 2.17. The molecule has 1 saturated carbocycles. The van der Waals surface area contributed by atoms with Gasteiger partial charge in [-0.05, 0) is 25.0 Å². The quantitative estimate of drug-likeness (QED) is 0.554. The van der Waals surface area contributed by atoms with Crippen molar-refractivity contribution < 1.29 is 13.2 Å². The average Bonchev–Trinajstić information content (AvgIpc) is 2.79. The van der Waals surface area contributed by atoms with Crippen LogP contribution in [0.5, 0.6) is 0 Å². The zero-order valence-corrected chi connectivity index (χ0v) is 11.4. The van der Waals surface area contributed by atoms with Gasteiger partial charge in [0, 0.05) is 17.4 Å². The summed E-state index contributed by atoms with van der Waals surface area (Å²) in [7, 11) is -1.69. The van der Waals surface area contributed by atoms with Gasteiger partial charge in [-0.1, -0.05) is 31.4 Å². The molecule has 0 aliphatic heterocycles. The van der Waals surface area contributed by atoms with Gasteiger partial charge in [-0.25, -0.2) is 0 Å². The summed E-state index contributed by atoms with van der Waals surface area (Å²) >= 11 is 0. The second kappa shape index (κ2) is 4.82. The van der Waals surface area contributed by atoms with E-state index in [1.165, 1.54) is 0 Å². The largest absolute Gasteiger partial charge is 0.600 e. The second-order valence-corrected chi connectivity index (χ2v) is 7.16. The Morgan fingerprint density at radius 3 is 2.37 bits per heavy atom. The van der Waals surface area contributed by atoms with Crippen molar-refractivity contribution in [2.45, 2.75) is 43.5 Å². The number of fused-ring (bicyclic) bond motifs is 1. The summed E-state index contributed by atoms with van der Waals surface area (Å²) in [5, 5.41) is 0.767. The van der Waals surface area contributed by atoms with E-state index in [1.807, 2.05) is 12.1 Å². The van der Waals surface area contributed by atoms with Crippen LogP contribution in [0.25, 0.3) is 10.1 Å². The molecule has 0 radical (unpaired) electrons. The standard InChI is InChI=1S/C15H16F3S/c16-15(17,18)19-13-9-5-4-8-12(13)10-14(19)11-6-2-1-3-7-11/h4-5,8-11H,1-3,6-7H2/q+1. The molecule has 19 heavy (non-hydrogen) atoms. The molecule has 1 heterocycles. The number of hydrogen-bond donors (Lipinski definition) is 0. The maximum absolute atomic E-state index is 13.4. The monoisotopic (exact) mass is 285 g/mol. The van der Waals surface area contributed by atoms with E-state index in [-0.39, 0.29) is 5.92 Å². The van der Waals surface area contributed by atoms with Crippen LogP contribution in [0.2, 0.25) is 0 Å². The van der Waals surface area contributed by atoms with Crippen LogP contribution in [0.1, 0.15) is 42.9 Å². The average molecular weight is 285 g/mol. The Kier molecular flexibility index (Phi) is 3.29. The summed E-state index contributed by atoms with van der Waals surface area (Å²) in [6.45, 7) is 0. The van der Waals surface area contributed by atoms with E-state index >= 15 is 0 Å². The van der Waals surface area contributed by atoms with Gasteiger partial charge in [-0.2, -0.15) is 0 Å². The first-order valence-corrected chi connectivity index (χ1v) is 7.91. The minimum Gasteiger partial charge on any atom is -0.118 e. The predicted molar refractivity (Wildman–Crippen MR) is 73.6 cm³/mol. The number of thiophene rings is 1. The molecule has 1 aromatic carbocycles. The third-order valence-electron chi connectivity index (χ3n) is 3.91. The van der Waals surface area contributed by atoms with Gasteiger partial charge in [0.2, 0.25) is 0 Å². The highest BCUT2D eigenvalue weighted by Gasteiger charge is 2.49. The fourth-order valence-electron chi connectivity index (χ4n) is 3.05. The number of alkyl halides is 3. The smallest absolute Gasteiger partial charge is 0.118 e. The Bertz CT molecular complexity index is 577. The maximum atomic E-state index is 13.4. The van der Waals surface area contributed by atoms with Crippen molar-refractivity contribution in [1.82, 2.24) is 0 Å². The number of hydrogen-bond acceptors (Lipinski definition) is 0. The first-order valence-electron chi connectivity index (χ1n) is 6.69. The van der Waals surface area contributed by atoms with Crippen LogP contribution in [0.15, 0.2) is 30.3 Å². The van der Waals surface area contributed by atoms with Crippen LogP contribution >= 0.6 is 10.5 Å². The van der Waals surface area contributed by atoms with Gasteiger partial charge >= 0.3 is 5.51 Å². The molecular weight excluding hydrogens is 269 g/mol. The number of benzene rings is 1. The van der Waals surface area contributed by atoms with Crippen molar-refractivity contribution in [2.24, 2.45) is 0 Å². The van der Waals surface area contributed by atoms with Gasteiger partial charge in [0.25, 0.3) is 0 Å². The molecule has 1 aliphatic carbocycles. The molecule has 0 amide bonds. The first kappa shape index (κ1) is 13.0. The lowest BCUT2D eigenvalue weighted by molar-refractivity contribution is -0.0868. The number of halogens is 3. The highest BCUT2D eigenvalue weighted by molar-refractivity contribution is 7.38. The normalized spacial score (nSPS) is 19.0. The molecule has 0 spiro atoms. The van der Waals surface area contributed by atoms with E-state index in [4.69, 9.17) is 0 Å². The minimum atomic E-state index is -4.14. The van der Waals surface area contributed by atoms with Gasteiger partial charge in [-0.3, -0.25) is 0 Å². The molecule has 4 heteroatoms. The molecule has 1 fully saturated rings. The summed E-state index contributed by atoms with van der Waals surface area (Å²) in [6.07, 6.45) is 5.12. The fourth-order valence-corrected chi connectivity index (χ4v) is 5.22. The zero-order chi connectivity index (χ0) is 13.5. The molecule has 1 unspecified atom stereocenters. The Hall–Kier alpha value is -1.03. The molecule has 2 aromatic rings. The topological polar surface area (TPSA) is 0 Å². The molecule has 102 valence electrons. The minimum absolute atomic E-state index is 0.131. The van der Waals surface area contributed by atoms with Crippen molar-refractivity contribution >= 4 is 20.6 Å². The Morgan fingerprint density at radius 2 is 1.68 bits per heavy atom. The first-order chi connectivity index (χ1) is 9.07. The van der Waals surface area contributed by atoms with Crippen LogP contribution in [0, 0.1) is 0 Å². The van der Waals surface area contributed by atoms with Crippen molar-refractivity contribution in [1.29, 1.82) is 0 Å².